The molecule has 0 saturated carbocycles. The summed E-state index contributed by atoms with van der Waals surface area (Å²) in [4.78, 5) is 14.7. The molecule has 132 valence electrons. The zero-order valence-corrected chi connectivity index (χ0v) is 14.4. The van der Waals surface area contributed by atoms with Gasteiger partial charge in [-0.3, -0.25) is 0 Å². The van der Waals surface area contributed by atoms with Crippen LogP contribution in [0.25, 0.3) is 22.4 Å². The van der Waals surface area contributed by atoms with Crippen molar-refractivity contribution in [2.45, 2.75) is 6.61 Å². The van der Waals surface area contributed by atoms with Crippen LogP contribution in [-0.2, 0) is 6.61 Å². The molecule has 0 unspecified atom stereocenters. The molecule has 0 spiro atoms. The summed E-state index contributed by atoms with van der Waals surface area (Å²) in [5.41, 5.74) is 2.65. The van der Waals surface area contributed by atoms with Gasteiger partial charge >= 0.3 is 5.97 Å². The quantitative estimate of drug-likeness (QED) is 0.695. The first-order valence-electron chi connectivity index (χ1n) is 7.73. The number of H-pyrrole nitrogens is 1. The van der Waals surface area contributed by atoms with Gasteiger partial charge in [-0.15, -0.1) is 0 Å². The predicted octanol–water partition coefficient (Wildman–Crippen LogP) is 4.74. The van der Waals surface area contributed by atoms with Crippen LogP contribution in [0.4, 0.5) is 4.39 Å². The van der Waals surface area contributed by atoms with Gasteiger partial charge in [-0.25, -0.2) is 9.18 Å². The summed E-state index contributed by atoms with van der Waals surface area (Å²) >= 11 is 6.14. The van der Waals surface area contributed by atoms with Gasteiger partial charge in [0.25, 0.3) is 0 Å². The molecule has 0 aliphatic carbocycles. The highest BCUT2D eigenvalue weighted by atomic mass is 35.5. The molecular formula is C19H13ClFNO4. The Balaban J connectivity index is 2.00. The third-order valence-electron chi connectivity index (χ3n) is 4.30. The summed E-state index contributed by atoms with van der Waals surface area (Å²) in [6, 6.07) is 9.12. The average Bonchev–Trinajstić information content (AvgIpc) is 3.01. The van der Waals surface area contributed by atoms with Gasteiger partial charge in [-0.2, -0.15) is 0 Å². The highest BCUT2D eigenvalue weighted by Crippen LogP contribution is 2.44. The van der Waals surface area contributed by atoms with E-state index in [1.54, 1.807) is 18.2 Å². The van der Waals surface area contributed by atoms with Crippen LogP contribution in [0.5, 0.6) is 11.5 Å². The summed E-state index contributed by atoms with van der Waals surface area (Å²) < 4.78 is 24.6. The maximum atomic E-state index is 13.7. The number of benzene rings is 2. The smallest absolute Gasteiger partial charge is 0.352 e. The van der Waals surface area contributed by atoms with Gasteiger partial charge in [-0.05, 0) is 42.0 Å². The second-order valence-electron chi connectivity index (χ2n) is 5.84. The summed E-state index contributed by atoms with van der Waals surface area (Å²) in [7, 11) is 1.50. The number of rotatable bonds is 3. The fraction of sp³-hybridized carbons (Fsp3) is 0.105. The molecule has 0 atom stereocenters. The lowest BCUT2D eigenvalue weighted by Gasteiger charge is -2.19. The molecule has 0 fully saturated rings. The SMILES string of the molecule is COc1cc(Cl)cc(-c2c(C(=O)O)[nH]c3c2COc2ccc(F)cc2-3)c1. The Bertz CT molecular complexity index is 1040. The van der Waals surface area contributed by atoms with Gasteiger partial charge < -0.3 is 19.6 Å². The lowest BCUT2D eigenvalue weighted by molar-refractivity contribution is 0.0692. The molecule has 3 aromatic rings. The molecule has 0 saturated heterocycles. The van der Waals surface area contributed by atoms with Crippen molar-refractivity contribution in [2.24, 2.45) is 0 Å². The minimum absolute atomic E-state index is 0.0139. The third-order valence-corrected chi connectivity index (χ3v) is 4.51. The van der Waals surface area contributed by atoms with E-state index in [0.717, 1.165) is 0 Å². The summed E-state index contributed by atoms with van der Waals surface area (Å²) in [6.45, 7) is 0.155. The number of ether oxygens (including phenoxy) is 2. The number of carboxylic acid groups (broad SMARTS) is 1. The zero-order chi connectivity index (χ0) is 18.4. The van der Waals surface area contributed by atoms with E-state index in [2.05, 4.69) is 4.98 Å². The Hall–Kier alpha value is -2.99. The van der Waals surface area contributed by atoms with E-state index in [-0.39, 0.29) is 12.3 Å². The molecule has 5 nitrogen and oxygen atoms in total. The maximum absolute atomic E-state index is 13.7. The summed E-state index contributed by atoms with van der Waals surface area (Å²) in [5.74, 6) is -0.571. The Morgan fingerprint density at radius 3 is 2.85 bits per heavy atom. The van der Waals surface area contributed by atoms with Crippen molar-refractivity contribution in [1.82, 2.24) is 4.98 Å². The largest absolute Gasteiger partial charge is 0.497 e. The number of aromatic carboxylic acids is 1. The number of fused-ring (bicyclic) bond motifs is 3. The van der Waals surface area contributed by atoms with Gasteiger partial charge in [0.2, 0.25) is 0 Å². The van der Waals surface area contributed by atoms with Crippen LogP contribution in [-0.4, -0.2) is 23.2 Å². The Morgan fingerprint density at radius 1 is 1.31 bits per heavy atom. The maximum Gasteiger partial charge on any atom is 0.352 e. The van der Waals surface area contributed by atoms with E-state index in [4.69, 9.17) is 21.1 Å². The number of methoxy groups -OCH3 is 1. The van der Waals surface area contributed by atoms with Crippen molar-refractivity contribution in [3.05, 3.63) is 58.5 Å². The lowest BCUT2D eigenvalue weighted by atomic mass is 9.96. The fourth-order valence-corrected chi connectivity index (χ4v) is 3.42. The Kier molecular flexibility index (Phi) is 3.85. The van der Waals surface area contributed by atoms with Crippen LogP contribution >= 0.6 is 11.6 Å². The van der Waals surface area contributed by atoms with Crippen LogP contribution in [0.3, 0.4) is 0 Å². The monoisotopic (exact) mass is 373 g/mol. The van der Waals surface area contributed by atoms with Crippen LogP contribution in [0.1, 0.15) is 16.1 Å². The number of aromatic amines is 1. The molecule has 2 heterocycles. The van der Waals surface area contributed by atoms with E-state index in [1.165, 1.54) is 25.3 Å². The first-order chi connectivity index (χ1) is 12.5. The number of hydrogen-bond acceptors (Lipinski definition) is 3. The normalized spacial score (nSPS) is 12.1. The van der Waals surface area contributed by atoms with E-state index >= 15 is 0 Å². The zero-order valence-electron chi connectivity index (χ0n) is 13.6. The molecule has 1 aliphatic rings. The van der Waals surface area contributed by atoms with Crippen LogP contribution < -0.4 is 9.47 Å². The number of aromatic nitrogens is 1. The topological polar surface area (TPSA) is 71.5 Å². The highest BCUT2D eigenvalue weighted by Gasteiger charge is 2.29. The third kappa shape index (κ3) is 2.59. The van der Waals surface area contributed by atoms with Gasteiger partial charge in [0.15, 0.2) is 0 Å². The molecule has 26 heavy (non-hydrogen) atoms. The van der Waals surface area contributed by atoms with E-state index < -0.39 is 11.8 Å². The minimum atomic E-state index is -1.13. The molecule has 0 amide bonds. The Labute approximate surface area is 152 Å². The van der Waals surface area contributed by atoms with E-state index in [0.29, 0.717) is 44.5 Å². The first kappa shape index (κ1) is 16.5. The fourth-order valence-electron chi connectivity index (χ4n) is 3.19. The number of carbonyl (C=O) groups is 1. The Morgan fingerprint density at radius 2 is 2.12 bits per heavy atom. The second kappa shape index (κ2) is 6.07. The lowest BCUT2D eigenvalue weighted by Crippen LogP contribution is -2.05. The van der Waals surface area contributed by atoms with Crippen molar-refractivity contribution in [1.29, 1.82) is 0 Å². The number of hydrogen-bond donors (Lipinski definition) is 2. The minimum Gasteiger partial charge on any atom is -0.497 e. The molecule has 2 N–H and O–H groups in total. The van der Waals surface area contributed by atoms with Gasteiger partial charge in [-0.1, -0.05) is 11.6 Å². The van der Waals surface area contributed by atoms with Crippen LogP contribution in [0.2, 0.25) is 5.02 Å². The van der Waals surface area contributed by atoms with Crippen molar-refractivity contribution in [3.63, 3.8) is 0 Å². The molecule has 2 aromatic carbocycles. The van der Waals surface area contributed by atoms with Gasteiger partial charge in [0.1, 0.15) is 29.6 Å². The van der Waals surface area contributed by atoms with Crippen molar-refractivity contribution in [2.75, 3.05) is 7.11 Å². The second-order valence-corrected chi connectivity index (χ2v) is 6.28. The first-order valence-corrected chi connectivity index (χ1v) is 8.11. The highest BCUT2D eigenvalue weighted by molar-refractivity contribution is 6.31. The molecular weight excluding hydrogens is 361 g/mol. The molecule has 7 heteroatoms. The molecule has 4 rings (SSSR count). The van der Waals surface area contributed by atoms with Crippen molar-refractivity contribution in [3.8, 4) is 33.9 Å². The van der Waals surface area contributed by atoms with Crippen molar-refractivity contribution < 1.29 is 23.8 Å². The van der Waals surface area contributed by atoms with Crippen LogP contribution in [0.15, 0.2) is 36.4 Å². The molecule has 0 bridgehead atoms. The van der Waals surface area contributed by atoms with E-state index in [1.807, 2.05) is 0 Å². The number of carboxylic acids is 1. The van der Waals surface area contributed by atoms with Crippen LogP contribution in [0, 0.1) is 5.82 Å². The summed E-state index contributed by atoms with van der Waals surface area (Å²) in [5, 5.41) is 10.1. The summed E-state index contributed by atoms with van der Waals surface area (Å²) in [6.07, 6.45) is 0. The van der Waals surface area contributed by atoms with Gasteiger partial charge in [0, 0.05) is 21.7 Å². The number of nitrogens with one attached hydrogen (secondary N) is 1. The van der Waals surface area contributed by atoms with Gasteiger partial charge in [0.05, 0.1) is 12.8 Å². The standard InChI is InChI=1S/C19H13ClFNO4/c1-25-12-5-9(4-10(20)6-12)16-14-8-26-15-3-2-11(21)7-13(15)17(14)22-18(16)19(23)24/h2-7,22H,8H2,1H3,(H,23,24). The number of halogens is 2. The molecule has 1 aliphatic heterocycles. The van der Waals surface area contributed by atoms with Crippen molar-refractivity contribution >= 4 is 17.6 Å². The molecule has 1 aromatic heterocycles. The molecule has 0 radical (unpaired) electrons. The predicted molar refractivity (Wildman–Crippen MR) is 94.5 cm³/mol. The van der Waals surface area contributed by atoms with E-state index in [9.17, 15) is 14.3 Å². The average molecular weight is 374 g/mol.